The minimum absolute atomic E-state index is 0.125. The molecule has 2 heterocycles. The molecule has 2 unspecified atom stereocenters. The third-order valence-corrected chi connectivity index (χ3v) is 5.23. The van der Waals surface area contributed by atoms with Crippen LogP contribution in [0.15, 0.2) is 4.99 Å². The Morgan fingerprint density at radius 3 is 2.75 bits per heavy atom. The molecule has 28 heavy (non-hydrogen) atoms. The van der Waals surface area contributed by atoms with Crippen molar-refractivity contribution in [3.63, 3.8) is 0 Å². The summed E-state index contributed by atoms with van der Waals surface area (Å²) in [5, 5.41) is 6.75. The van der Waals surface area contributed by atoms with Crippen LogP contribution in [0.3, 0.4) is 0 Å². The van der Waals surface area contributed by atoms with Crippen molar-refractivity contribution < 1.29 is 14.3 Å². The summed E-state index contributed by atoms with van der Waals surface area (Å²) in [6, 6.07) is 0. The molecule has 0 aromatic rings. The first-order valence-electron chi connectivity index (χ1n) is 10.8. The number of ether oxygens (including phenoxy) is 2. The molecular weight excluding hydrogens is 356 g/mol. The van der Waals surface area contributed by atoms with Crippen LogP contribution in [0.5, 0.6) is 0 Å². The quantitative estimate of drug-likeness (QED) is 0.533. The molecule has 0 spiro atoms. The predicted octanol–water partition coefficient (Wildman–Crippen LogP) is 3.15. The number of guanidine groups is 1. The largest absolute Gasteiger partial charge is 0.444 e. The van der Waals surface area contributed by atoms with Crippen molar-refractivity contribution in [1.29, 1.82) is 0 Å². The second kappa shape index (κ2) is 10.3. The molecule has 2 fully saturated rings. The fourth-order valence-corrected chi connectivity index (χ4v) is 3.74. The highest BCUT2D eigenvalue weighted by Gasteiger charge is 2.30. The van der Waals surface area contributed by atoms with Crippen molar-refractivity contribution in [2.45, 2.75) is 77.9 Å². The van der Waals surface area contributed by atoms with E-state index in [9.17, 15) is 4.79 Å². The van der Waals surface area contributed by atoms with E-state index in [4.69, 9.17) is 14.5 Å². The number of aliphatic imine (C=N–C) groups is 1. The fourth-order valence-electron chi connectivity index (χ4n) is 3.74. The van der Waals surface area contributed by atoms with Crippen LogP contribution in [-0.2, 0) is 9.47 Å². The number of hydrogen-bond acceptors (Lipinski definition) is 4. The lowest BCUT2D eigenvalue weighted by atomic mass is 9.95. The molecule has 7 heteroatoms. The smallest absolute Gasteiger partial charge is 0.410 e. The summed E-state index contributed by atoms with van der Waals surface area (Å²) >= 11 is 0. The third-order valence-electron chi connectivity index (χ3n) is 5.23. The van der Waals surface area contributed by atoms with Crippen LogP contribution in [-0.4, -0.2) is 67.5 Å². The van der Waals surface area contributed by atoms with Gasteiger partial charge in [0.2, 0.25) is 0 Å². The van der Waals surface area contributed by atoms with Crippen molar-refractivity contribution in [2.75, 3.05) is 39.3 Å². The zero-order chi connectivity index (χ0) is 20.6. The monoisotopic (exact) mass is 396 g/mol. The summed E-state index contributed by atoms with van der Waals surface area (Å²) in [6.07, 6.45) is 5.20. The number of rotatable bonds is 6. The first-order valence-corrected chi connectivity index (χ1v) is 10.8. The van der Waals surface area contributed by atoms with Gasteiger partial charge in [-0.15, -0.1) is 0 Å². The molecule has 2 aliphatic heterocycles. The van der Waals surface area contributed by atoms with Gasteiger partial charge in [0.15, 0.2) is 5.96 Å². The molecule has 2 rings (SSSR count). The van der Waals surface area contributed by atoms with Crippen LogP contribution in [0.2, 0.25) is 0 Å². The van der Waals surface area contributed by atoms with Gasteiger partial charge in [0, 0.05) is 32.8 Å². The Morgan fingerprint density at radius 1 is 1.32 bits per heavy atom. The highest BCUT2D eigenvalue weighted by atomic mass is 16.6. The third kappa shape index (κ3) is 7.86. The molecule has 0 aromatic carbocycles. The summed E-state index contributed by atoms with van der Waals surface area (Å²) in [6.45, 7) is 14.7. The Labute approximate surface area is 170 Å². The predicted molar refractivity (Wildman–Crippen MR) is 113 cm³/mol. The van der Waals surface area contributed by atoms with Crippen LogP contribution in [0.25, 0.3) is 0 Å². The summed E-state index contributed by atoms with van der Waals surface area (Å²) in [5.74, 6) is 1.34. The maximum absolute atomic E-state index is 12.3. The number of likely N-dealkylation sites (tertiary alicyclic amines) is 1. The van der Waals surface area contributed by atoms with E-state index in [1.54, 1.807) is 0 Å². The van der Waals surface area contributed by atoms with Gasteiger partial charge in [0.05, 0.1) is 12.1 Å². The Bertz CT molecular complexity index is 524. The van der Waals surface area contributed by atoms with Crippen molar-refractivity contribution >= 4 is 12.1 Å². The first kappa shape index (κ1) is 22.8. The number of carbonyl (C=O) groups is 1. The number of carbonyl (C=O) groups excluding carboxylic acids is 1. The maximum Gasteiger partial charge on any atom is 0.410 e. The van der Waals surface area contributed by atoms with Crippen LogP contribution >= 0.6 is 0 Å². The van der Waals surface area contributed by atoms with Crippen molar-refractivity contribution in [3.05, 3.63) is 0 Å². The molecule has 2 N–H and O–H groups in total. The molecule has 162 valence electrons. The molecule has 0 aliphatic carbocycles. The summed E-state index contributed by atoms with van der Waals surface area (Å²) in [7, 11) is 0. The Hall–Kier alpha value is -1.50. The van der Waals surface area contributed by atoms with Crippen molar-refractivity contribution in [2.24, 2.45) is 10.9 Å². The van der Waals surface area contributed by atoms with Gasteiger partial charge in [0.1, 0.15) is 5.60 Å². The van der Waals surface area contributed by atoms with Gasteiger partial charge in [0.25, 0.3) is 0 Å². The van der Waals surface area contributed by atoms with Crippen LogP contribution in [0.4, 0.5) is 4.79 Å². The molecule has 1 amide bonds. The van der Waals surface area contributed by atoms with Gasteiger partial charge in [-0.05, 0) is 72.6 Å². The van der Waals surface area contributed by atoms with Gasteiger partial charge >= 0.3 is 6.09 Å². The van der Waals surface area contributed by atoms with Gasteiger partial charge in [-0.2, -0.15) is 0 Å². The van der Waals surface area contributed by atoms with Gasteiger partial charge in [-0.1, -0.05) is 0 Å². The second-order valence-electron chi connectivity index (χ2n) is 9.25. The number of nitrogens with zero attached hydrogens (tertiary/aromatic N) is 2. The standard InChI is InChI=1S/C21H40N4O3/c1-6-22-18(24-16-21(5)11-8-14-27-21)23-12-10-17-9-7-13-25(15-17)19(26)28-20(2,3)4/h17H,6-16H2,1-5H3,(H2,22,23,24). The topological polar surface area (TPSA) is 75.2 Å². The lowest BCUT2D eigenvalue weighted by molar-refractivity contribution is 0.0162. The molecule has 2 aliphatic rings. The Morgan fingerprint density at radius 2 is 2.11 bits per heavy atom. The molecule has 0 aromatic heterocycles. The average molecular weight is 397 g/mol. The lowest BCUT2D eigenvalue weighted by Crippen LogP contribution is -2.44. The number of hydrogen-bond donors (Lipinski definition) is 2. The van der Waals surface area contributed by atoms with Gasteiger partial charge < -0.3 is 25.0 Å². The minimum Gasteiger partial charge on any atom is -0.444 e. The van der Waals surface area contributed by atoms with E-state index in [-0.39, 0.29) is 11.7 Å². The number of nitrogens with one attached hydrogen (secondary N) is 2. The lowest BCUT2D eigenvalue weighted by Gasteiger charge is -2.34. The van der Waals surface area contributed by atoms with E-state index in [0.717, 1.165) is 70.8 Å². The molecule has 2 atom stereocenters. The Balaban J connectivity index is 1.77. The highest BCUT2D eigenvalue weighted by Crippen LogP contribution is 2.25. The maximum atomic E-state index is 12.3. The second-order valence-corrected chi connectivity index (χ2v) is 9.25. The molecule has 7 nitrogen and oxygen atoms in total. The van der Waals surface area contributed by atoms with Crippen molar-refractivity contribution in [3.8, 4) is 0 Å². The molecule has 0 saturated carbocycles. The molecule has 0 bridgehead atoms. The zero-order valence-corrected chi connectivity index (χ0v) is 18.5. The fraction of sp³-hybridized carbons (Fsp3) is 0.905. The molecule has 2 saturated heterocycles. The van der Waals surface area contributed by atoms with E-state index in [2.05, 4.69) is 24.5 Å². The van der Waals surface area contributed by atoms with Crippen LogP contribution < -0.4 is 10.6 Å². The average Bonchev–Trinajstić information content (AvgIpc) is 3.05. The number of piperidine rings is 1. The van der Waals surface area contributed by atoms with E-state index in [1.807, 2.05) is 25.7 Å². The molecular formula is C21H40N4O3. The summed E-state index contributed by atoms with van der Waals surface area (Å²) in [5.41, 5.74) is -0.567. The first-order chi connectivity index (χ1) is 13.2. The minimum atomic E-state index is -0.442. The van der Waals surface area contributed by atoms with E-state index < -0.39 is 5.60 Å². The van der Waals surface area contributed by atoms with E-state index in [1.165, 1.54) is 0 Å². The zero-order valence-electron chi connectivity index (χ0n) is 18.5. The van der Waals surface area contributed by atoms with Gasteiger partial charge in [-0.25, -0.2) is 4.79 Å². The highest BCUT2D eigenvalue weighted by molar-refractivity contribution is 5.79. The number of amides is 1. The summed E-state index contributed by atoms with van der Waals surface area (Å²) in [4.78, 5) is 18.9. The SMILES string of the molecule is CCNC(=NCC1(C)CCCO1)NCCC1CCCN(C(=O)OC(C)(C)C)C1. The van der Waals surface area contributed by atoms with Crippen molar-refractivity contribution in [1.82, 2.24) is 15.5 Å². The van der Waals surface area contributed by atoms with E-state index in [0.29, 0.717) is 12.5 Å². The van der Waals surface area contributed by atoms with Gasteiger partial charge in [-0.3, -0.25) is 4.99 Å². The molecule has 0 radical (unpaired) electrons. The van der Waals surface area contributed by atoms with E-state index >= 15 is 0 Å². The Kier molecular flexibility index (Phi) is 8.40. The van der Waals surface area contributed by atoms with Crippen LogP contribution in [0, 0.1) is 5.92 Å². The normalized spacial score (nSPS) is 26.2. The van der Waals surface area contributed by atoms with Crippen LogP contribution in [0.1, 0.15) is 66.7 Å². The summed E-state index contributed by atoms with van der Waals surface area (Å²) < 4.78 is 11.3.